The van der Waals surface area contributed by atoms with Crippen molar-refractivity contribution in [3.8, 4) is 22.9 Å². The first kappa shape index (κ1) is 11.6. The Bertz CT molecular complexity index is 627. The Hall–Kier alpha value is -2.49. The lowest BCUT2D eigenvalue weighted by molar-refractivity contribution is 0.584. The van der Waals surface area contributed by atoms with Crippen LogP contribution in [-0.4, -0.2) is 10.2 Å². The zero-order valence-corrected chi connectivity index (χ0v) is 10.3. The summed E-state index contributed by atoms with van der Waals surface area (Å²) in [6, 6.07) is 13.8. The molecule has 0 bridgehead atoms. The van der Waals surface area contributed by atoms with Gasteiger partial charge < -0.3 is 4.42 Å². The van der Waals surface area contributed by atoms with Crippen molar-refractivity contribution in [2.45, 2.75) is 6.92 Å². The molecule has 94 valence electrons. The zero-order chi connectivity index (χ0) is 13.2. The Labute approximate surface area is 109 Å². The van der Waals surface area contributed by atoms with E-state index in [1.54, 1.807) is 12.1 Å². The van der Waals surface area contributed by atoms with Crippen LogP contribution in [0.25, 0.3) is 22.9 Å². The zero-order valence-electron chi connectivity index (χ0n) is 10.3. The summed E-state index contributed by atoms with van der Waals surface area (Å²) in [7, 11) is 0. The quantitative estimate of drug-likeness (QED) is 0.697. The topological polar surface area (TPSA) is 38.9 Å². The first-order chi connectivity index (χ1) is 9.22. The number of aryl methyl sites for hydroxylation is 1. The van der Waals surface area contributed by atoms with Crippen LogP contribution in [0.3, 0.4) is 0 Å². The molecule has 4 heteroatoms. The molecule has 0 aliphatic carbocycles. The average Bonchev–Trinajstić information content (AvgIpc) is 2.90. The van der Waals surface area contributed by atoms with Gasteiger partial charge in [-0.25, -0.2) is 4.39 Å². The van der Waals surface area contributed by atoms with E-state index in [9.17, 15) is 4.39 Å². The lowest BCUT2D eigenvalue weighted by atomic mass is 10.1. The predicted molar refractivity (Wildman–Crippen MR) is 69.9 cm³/mol. The fourth-order valence-electron chi connectivity index (χ4n) is 1.75. The van der Waals surface area contributed by atoms with Gasteiger partial charge in [-0.2, -0.15) is 0 Å². The highest BCUT2D eigenvalue weighted by molar-refractivity contribution is 5.57. The molecular formula is C15H11FN2O. The number of benzene rings is 2. The summed E-state index contributed by atoms with van der Waals surface area (Å²) >= 11 is 0. The fraction of sp³-hybridized carbons (Fsp3) is 0.0667. The Balaban J connectivity index is 1.95. The maximum atomic E-state index is 12.8. The van der Waals surface area contributed by atoms with Gasteiger partial charge in [0.1, 0.15) is 5.82 Å². The minimum atomic E-state index is -0.290. The summed E-state index contributed by atoms with van der Waals surface area (Å²) in [6.45, 7) is 2.02. The number of aromatic nitrogens is 2. The highest BCUT2D eigenvalue weighted by atomic mass is 19.1. The monoisotopic (exact) mass is 254 g/mol. The Kier molecular flexibility index (Phi) is 2.83. The highest BCUT2D eigenvalue weighted by Gasteiger charge is 2.10. The largest absolute Gasteiger partial charge is 0.416 e. The van der Waals surface area contributed by atoms with Crippen LogP contribution in [0.15, 0.2) is 52.9 Å². The van der Waals surface area contributed by atoms with Gasteiger partial charge in [0, 0.05) is 11.1 Å². The highest BCUT2D eigenvalue weighted by Crippen LogP contribution is 2.24. The summed E-state index contributed by atoms with van der Waals surface area (Å²) in [5.74, 6) is 0.553. The van der Waals surface area contributed by atoms with Crippen LogP contribution >= 0.6 is 0 Å². The van der Waals surface area contributed by atoms with Crippen LogP contribution in [0.2, 0.25) is 0 Å². The smallest absolute Gasteiger partial charge is 0.248 e. The molecule has 0 N–H and O–H groups in total. The van der Waals surface area contributed by atoms with Gasteiger partial charge in [0.15, 0.2) is 0 Å². The van der Waals surface area contributed by atoms with Crippen LogP contribution in [0, 0.1) is 12.7 Å². The van der Waals surface area contributed by atoms with Gasteiger partial charge in [0.2, 0.25) is 11.8 Å². The van der Waals surface area contributed by atoms with Crippen molar-refractivity contribution in [3.05, 3.63) is 59.9 Å². The van der Waals surface area contributed by atoms with Gasteiger partial charge in [-0.1, -0.05) is 17.7 Å². The van der Waals surface area contributed by atoms with Crippen molar-refractivity contribution < 1.29 is 8.81 Å². The van der Waals surface area contributed by atoms with Crippen LogP contribution < -0.4 is 0 Å². The summed E-state index contributed by atoms with van der Waals surface area (Å²) in [5.41, 5.74) is 2.74. The molecule has 1 aromatic heterocycles. The number of nitrogens with zero attached hydrogens (tertiary/aromatic N) is 2. The van der Waals surface area contributed by atoms with E-state index in [-0.39, 0.29) is 5.82 Å². The minimum Gasteiger partial charge on any atom is -0.416 e. The average molecular weight is 254 g/mol. The van der Waals surface area contributed by atoms with E-state index in [2.05, 4.69) is 10.2 Å². The molecule has 0 saturated heterocycles. The van der Waals surface area contributed by atoms with Crippen LogP contribution in [0.1, 0.15) is 5.56 Å². The fourth-order valence-corrected chi connectivity index (χ4v) is 1.75. The van der Waals surface area contributed by atoms with Crippen molar-refractivity contribution in [1.29, 1.82) is 0 Å². The van der Waals surface area contributed by atoms with E-state index < -0.39 is 0 Å². The molecule has 19 heavy (non-hydrogen) atoms. The first-order valence-corrected chi connectivity index (χ1v) is 5.89. The van der Waals surface area contributed by atoms with Gasteiger partial charge in [0.25, 0.3) is 0 Å². The van der Waals surface area contributed by atoms with Crippen molar-refractivity contribution >= 4 is 0 Å². The summed E-state index contributed by atoms with van der Waals surface area (Å²) in [5, 5.41) is 7.98. The van der Waals surface area contributed by atoms with Gasteiger partial charge in [-0.15, -0.1) is 10.2 Å². The molecule has 3 aromatic rings. The number of halogens is 1. The third-order valence-corrected chi connectivity index (χ3v) is 2.81. The molecule has 0 fully saturated rings. The molecule has 1 heterocycles. The van der Waals surface area contributed by atoms with Gasteiger partial charge in [-0.05, 0) is 43.3 Å². The minimum absolute atomic E-state index is 0.290. The standard InChI is InChI=1S/C15H11FN2O/c1-10-2-4-11(5-3-10)14-17-18-15(19-14)12-6-8-13(16)9-7-12/h2-9H,1H3. The van der Waals surface area contributed by atoms with Gasteiger partial charge in [0.05, 0.1) is 0 Å². The van der Waals surface area contributed by atoms with Crippen LogP contribution in [0.5, 0.6) is 0 Å². The lowest BCUT2D eigenvalue weighted by Gasteiger charge is -1.96. The number of hydrogen-bond donors (Lipinski definition) is 0. The predicted octanol–water partition coefficient (Wildman–Crippen LogP) is 3.85. The molecule has 0 radical (unpaired) electrons. The van der Waals surface area contributed by atoms with E-state index >= 15 is 0 Å². The molecule has 0 aliphatic heterocycles. The van der Waals surface area contributed by atoms with Crippen LogP contribution in [-0.2, 0) is 0 Å². The number of hydrogen-bond acceptors (Lipinski definition) is 3. The maximum absolute atomic E-state index is 12.8. The molecule has 0 saturated carbocycles. The van der Waals surface area contributed by atoms with Crippen LogP contribution in [0.4, 0.5) is 4.39 Å². The molecule has 2 aromatic carbocycles. The summed E-state index contributed by atoms with van der Waals surface area (Å²) in [6.07, 6.45) is 0. The third-order valence-electron chi connectivity index (χ3n) is 2.81. The Morgan fingerprint density at radius 1 is 0.789 bits per heavy atom. The summed E-state index contributed by atoms with van der Waals surface area (Å²) < 4.78 is 18.4. The van der Waals surface area contributed by atoms with Crippen molar-refractivity contribution in [2.24, 2.45) is 0 Å². The van der Waals surface area contributed by atoms with E-state index in [1.807, 2.05) is 31.2 Å². The summed E-state index contributed by atoms with van der Waals surface area (Å²) in [4.78, 5) is 0. The maximum Gasteiger partial charge on any atom is 0.248 e. The number of rotatable bonds is 2. The van der Waals surface area contributed by atoms with E-state index in [0.717, 1.165) is 5.56 Å². The second-order valence-electron chi connectivity index (χ2n) is 4.29. The van der Waals surface area contributed by atoms with Crippen molar-refractivity contribution in [1.82, 2.24) is 10.2 Å². The van der Waals surface area contributed by atoms with Gasteiger partial charge in [-0.3, -0.25) is 0 Å². The van der Waals surface area contributed by atoms with Crippen molar-refractivity contribution in [3.63, 3.8) is 0 Å². The molecule has 0 amide bonds. The van der Waals surface area contributed by atoms with Crippen molar-refractivity contribution in [2.75, 3.05) is 0 Å². The second-order valence-corrected chi connectivity index (χ2v) is 4.29. The van der Waals surface area contributed by atoms with E-state index in [0.29, 0.717) is 17.3 Å². The molecule has 3 nitrogen and oxygen atoms in total. The first-order valence-electron chi connectivity index (χ1n) is 5.89. The van der Waals surface area contributed by atoms with E-state index in [4.69, 9.17) is 4.42 Å². The SMILES string of the molecule is Cc1ccc(-c2nnc(-c3ccc(F)cc3)o2)cc1. The Morgan fingerprint density at radius 3 is 1.79 bits per heavy atom. The second kappa shape index (κ2) is 4.65. The molecule has 0 spiro atoms. The van der Waals surface area contributed by atoms with E-state index in [1.165, 1.54) is 17.7 Å². The van der Waals surface area contributed by atoms with Gasteiger partial charge >= 0.3 is 0 Å². The normalized spacial score (nSPS) is 10.6. The molecule has 3 rings (SSSR count). The lowest BCUT2D eigenvalue weighted by Crippen LogP contribution is -1.78. The molecule has 0 unspecified atom stereocenters. The third kappa shape index (κ3) is 2.38. The molecule has 0 atom stereocenters. The Morgan fingerprint density at radius 2 is 1.26 bits per heavy atom. The molecular weight excluding hydrogens is 243 g/mol. The molecule has 0 aliphatic rings.